The molecule has 0 aliphatic heterocycles. The van der Waals surface area contributed by atoms with E-state index < -0.39 is 16.7 Å². The summed E-state index contributed by atoms with van der Waals surface area (Å²) < 4.78 is 0. The third-order valence-corrected chi connectivity index (χ3v) is 5.41. The molecule has 0 bridgehead atoms. The SMILES string of the molecule is N#Cc1cc(C(=O)Nc2ccccc2)c(N)nc1SCC(=O)Nc1ccc(Cl)cc1[N+](=O)[O-]. The third kappa shape index (κ3) is 5.97. The third-order valence-electron chi connectivity index (χ3n) is 4.18. The number of rotatable bonds is 7. The molecule has 2 amide bonds. The van der Waals surface area contributed by atoms with Gasteiger partial charge >= 0.3 is 0 Å². The zero-order valence-electron chi connectivity index (χ0n) is 16.7. The van der Waals surface area contributed by atoms with Crippen LogP contribution >= 0.6 is 23.4 Å². The number of amides is 2. The number of para-hydroxylation sites is 1. The smallest absolute Gasteiger partial charge is 0.294 e. The molecular weight excluding hydrogens is 468 g/mol. The van der Waals surface area contributed by atoms with Crippen LogP contribution in [0.4, 0.5) is 22.9 Å². The second-order valence-corrected chi connectivity index (χ2v) is 7.86. The van der Waals surface area contributed by atoms with Crippen LogP contribution in [0.15, 0.2) is 59.6 Å². The summed E-state index contributed by atoms with van der Waals surface area (Å²) in [6, 6.07) is 15.8. The van der Waals surface area contributed by atoms with Gasteiger partial charge in [-0.25, -0.2) is 4.98 Å². The van der Waals surface area contributed by atoms with E-state index in [1.807, 2.05) is 6.07 Å². The molecule has 10 nitrogen and oxygen atoms in total. The number of halogens is 1. The average molecular weight is 483 g/mol. The summed E-state index contributed by atoms with van der Waals surface area (Å²) in [7, 11) is 0. The highest BCUT2D eigenvalue weighted by Crippen LogP contribution is 2.29. The van der Waals surface area contributed by atoms with Crippen molar-refractivity contribution >= 4 is 58.1 Å². The molecule has 0 saturated heterocycles. The predicted octanol–water partition coefficient (Wildman–Crippen LogP) is 4.08. The maximum Gasteiger partial charge on any atom is 0.294 e. The van der Waals surface area contributed by atoms with Crippen LogP contribution in [-0.2, 0) is 4.79 Å². The topological polar surface area (TPSA) is 164 Å². The van der Waals surface area contributed by atoms with E-state index in [1.54, 1.807) is 30.3 Å². The molecule has 0 saturated carbocycles. The van der Waals surface area contributed by atoms with Crippen LogP contribution in [0.1, 0.15) is 15.9 Å². The van der Waals surface area contributed by atoms with Gasteiger partial charge in [0.25, 0.3) is 11.6 Å². The van der Waals surface area contributed by atoms with E-state index in [1.165, 1.54) is 18.2 Å². The van der Waals surface area contributed by atoms with Crippen LogP contribution in [0, 0.1) is 21.4 Å². The van der Waals surface area contributed by atoms with E-state index in [4.69, 9.17) is 17.3 Å². The van der Waals surface area contributed by atoms with Crippen molar-refractivity contribution in [1.29, 1.82) is 5.26 Å². The number of nitrogens with two attached hydrogens (primary N) is 1. The summed E-state index contributed by atoms with van der Waals surface area (Å²) in [5.41, 5.74) is 6.16. The number of hydrogen-bond donors (Lipinski definition) is 3. The highest BCUT2D eigenvalue weighted by Gasteiger charge is 2.19. The van der Waals surface area contributed by atoms with E-state index in [-0.39, 0.29) is 44.1 Å². The summed E-state index contributed by atoms with van der Waals surface area (Å²) in [4.78, 5) is 39.4. The number of nitro groups is 1. The van der Waals surface area contributed by atoms with Crippen molar-refractivity contribution in [2.24, 2.45) is 0 Å². The zero-order chi connectivity index (χ0) is 24.0. The summed E-state index contributed by atoms with van der Waals surface area (Å²) in [6.45, 7) is 0. The Labute approximate surface area is 196 Å². The largest absolute Gasteiger partial charge is 0.383 e. The van der Waals surface area contributed by atoms with Crippen molar-refractivity contribution in [3.63, 3.8) is 0 Å². The van der Waals surface area contributed by atoms with Gasteiger partial charge in [0.2, 0.25) is 5.91 Å². The Balaban J connectivity index is 1.72. The number of nitrogens with one attached hydrogen (secondary N) is 2. The van der Waals surface area contributed by atoms with Crippen LogP contribution in [0.3, 0.4) is 0 Å². The number of anilines is 3. The van der Waals surface area contributed by atoms with E-state index in [0.29, 0.717) is 5.69 Å². The summed E-state index contributed by atoms with van der Waals surface area (Å²) in [6.07, 6.45) is 0. The number of nitro benzene ring substituents is 1. The second-order valence-electron chi connectivity index (χ2n) is 6.46. The molecule has 4 N–H and O–H groups in total. The molecule has 0 radical (unpaired) electrons. The molecule has 1 heterocycles. The fourth-order valence-electron chi connectivity index (χ4n) is 2.68. The molecule has 1 aromatic heterocycles. The van der Waals surface area contributed by atoms with Crippen LogP contribution in [-0.4, -0.2) is 27.5 Å². The molecule has 0 unspecified atom stereocenters. The van der Waals surface area contributed by atoms with Crippen molar-refractivity contribution in [2.75, 3.05) is 22.1 Å². The predicted molar refractivity (Wildman–Crippen MR) is 125 cm³/mol. The lowest BCUT2D eigenvalue weighted by Gasteiger charge is -2.10. The quantitative estimate of drug-likeness (QED) is 0.257. The van der Waals surface area contributed by atoms with E-state index >= 15 is 0 Å². The lowest BCUT2D eigenvalue weighted by atomic mass is 10.2. The number of pyridine rings is 1. The normalized spacial score (nSPS) is 10.2. The Hall–Kier alpha value is -4.14. The molecule has 0 aliphatic rings. The molecule has 0 aliphatic carbocycles. The molecule has 33 heavy (non-hydrogen) atoms. The number of nitrogen functional groups attached to an aromatic ring is 1. The minimum Gasteiger partial charge on any atom is -0.383 e. The molecule has 166 valence electrons. The first-order chi connectivity index (χ1) is 15.8. The van der Waals surface area contributed by atoms with E-state index in [0.717, 1.165) is 17.8 Å². The van der Waals surface area contributed by atoms with Crippen LogP contribution in [0.2, 0.25) is 5.02 Å². The van der Waals surface area contributed by atoms with Crippen LogP contribution in [0.5, 0.6) is 0 Å². The van der Waals surface area contributed by atoms with Crippen molar-refractivity contribution in [3.05, 3.63) is 80.9 Å². The molecule has 0 atom stereocenters. The Morgan fingerprint density at radius 2 is 1.91 bits per heavy atom. The number of nitriles is 1. The number of hydrogen-bond acceptors (Lipinski definition) is 8. The van der Waals surface area contributed by atoms with Crippen molar-refractivity contribution in [2.45, 2.75) is 5.03 Å². The van der Waals surface area contributed by atoms with Gasteiger partial charge in [-0.2, -0.15) is 5.26 Å². The van der Waals surface area contributed by atoms with Crippen LogP contribution in [0.25, 0.3) is 0 Å². The number of carbonyl (C=O) groups excluding carboxylic acids is 2. The maximum absolute atomic E-state index is 12.5. The van der Waals surface area contributed by atoms with Crippen molar-refractivity contribution in [3.8, 4) is 6.07 Å². The van der Waals surface area contributed by atoms with Gasteiger partial charge in [0.05, 0.1) is 21.8 Å². The minimum absolute atomic E-state index is 0.0148. The Kier molecular flexibility index (Phi) is 7.45. The van der Waals surface area contributed by atoms with Gasteiger partial charge in [-0.3, -0.25) is 19.7 Å². The van der Waals surface area contributed by atoms with Gasteiger partial charge in [-0.05, 0) is 30.3 Å². The average Bonchev–Trinajstić information content (AvgIpc) is 2.79. The van der Waals surface area contributed by atoms with Gasteiger partial charge in [-0.15, -0.1) is 0 Å². The summed E-state index contributed by atoms with van der Waals surface area (Å²) >= 11 is 6.67. The number of thioether (sulfide) groups is 1. The standard InChI is InChI=1S/C21H15ClN6O4S/c22-13-6-7-16(17(9-13)28(31)32)26-18(29)11-33-21-12(10-23)8-15(19(24)27-21)20(30)25-14-4-2-1-3-5-14/h1-9H,11H2,(H2,24,27)(H,25,30)(H,26,29). The lowest BCUT2D eigenvalue weighted by Crippen LogP contribution is -2.17. The number of carbonyl (C=O) groups is 2. The van der Waals surface area contributed by atoms with Crippen molar-refractivity contribution in [1.82, 2.24) is 4.98 Å². The highest BCUT2D eigenvalue weighted by atomic mass is 35.5. The first-order valence-electron chi connectivity index (χ1n) is 9.22. The Morgan fingerprint density at radius 1 is 1.18 bits per heavy atom. The van der Waals surface area contributed by atoms with E-state index in [2.05, 4.69) is 15.6 Å². The molecule has 12 heteroatoms. The highest BCUT2D eigenvalue weighted by molar-refractivity contribution is 8.00. The second kappa shape index (κ2) is 10.4. The zero-order valence-corrected chi connectivity index (χ0v) is 18.3. The van der Waals surface area contributed by atoms with Gasteiger partial charge in [-0.1, -0.05) is 41.6 Å². The van der Waals surface area contributed by atoms with Crippen molar-refractivity contribution < 1.29 is 14.5 Å². The molecule has 0 spiro atoms. The monoisotopic (exact) mass is 482 g/mol. The number of benzene rings is 2. The number of nitrogens with zero attached hydrogens (tertiary/aromatic N) is 3. The lowest BCUT2D eigenvalue weighted by molar-refractivity contribution is -0.383. The van der Waals surface area contributed by atoms with Gasteiger partial charge < -0.3 is 16.4 Å². The molecular formula is C21H15ClN6O4S. The maximum atomic E-state index is 12.5. The van der Waals surface area contributed by atoms with Gasteiger partial charge in [0.15, 0.2) is 0 Å². The Morgan fingerprint density at radius 3 is 2.58 bits per heavy atom. The summed E-state index contributed by atoms with van der Waals surface area (Å²) in [5.74, 6) is -1.43. The minimum atomic E-state index is -0.663. The molecule has 3 rings (SSSR count). The van der Waals surface area contributed by atoms with Gasteiger partial charge in [0, 0.05) is 16.8 Å². The number of aromatic nitrogens is 1. The first kappa shape index (κ1) is 23.5. The van der Waals surface area contributed by atoms with E-state index in [9.17, 15) is 25.0 Å². The first-order valence-corrected chi connectivity index (χ1v) is 10.6. The molecule has 3 aromatic rings. The fraction of sp³-hybridized carbons (Fsp3) is 0.0476. The summed E-state index contributed by atoms with van der Waals surface area (Å²) in [5, 5.41) is 26.0. The fourth-order valence-corrected chi connectivity index (χ4v) is 3.61. The molecule has 2 aromatic carbocycles. The molecule has 0 fully saturated rings. The van der Waals surface area contributed by atoms with Crippen LogP contribution < -0.4 is 16.4 Å². The Bertz CT molecular complexity index is 1280. The van der Waals surface area contributed by atoms with Gasteiger partial charge in [0.1, 0.15) is 22.6 Å².